The molecule has 0 fully saturated rings. The lowest BCUT2D eigenvalue weighted by atomic mass is 10.1. The van der Waals surface area contributed by atoms with Crippen LogP contribution in [0.1, 0.15) is 36.7 Å². The second-order valence-corrected chi connectivity index (χ2v) is 6.37. The van der Waals surface area contributed by atoms with E-state index in [1.165, 1.54) is 5.01 Å². The Morgan fingerprint density at radius 3 is 1.96 bits per heavy atom. The molecule has 4 heteroatoms. The third-order valence-corrected chi connectivity index (χ3v) is 3.34. The number of nitrogens with one attached hydrogen (secondary N) is 1. The molecule has 2 aromatic rings. The molecule has 0 spiro atoms. The summed E-state index contributed by atoms with van der Waals surface area (Å²) >= 11 is 0. The van der Waals surface area contributed by atoms with Crippen LogP contribution in [-0.2, 0) is 11.2 Å². The van der Waals surface area contributed by atoms with Crippen LogP contribution in [0.25, 0.3) is 0 Å². The molecule has 4 nitrogen and oxygen atoms in total. The van der Waals surface area contributed by atoms with E-state index >= 15 is 0 Å². The van der Waals surface area contributed by atoms with E-state index in [2.05, 4.69) is 5.43 Å². The molecule has 0 radical (unpaired) electrons. The lowest BCUT2D eigenvalue weighted by Crippen LogP contribution is -2.56. The first-order chi connectivity index (χ1) is 10.9. The number of carbonyl (C=O) groups excluding carboxylic acids is 2. The normalized spacial score (nSPS) is 10.9. The molecule has 2 amide bonds. The zero-order valence-electron chi connectivity index (χ0n) is 13.7. The van der Waals surface area contributed by atoms with Crippen LogP contribution in [0.2, 0.25) is 0 Å². The molecule has 0 saturated heterocycles. The van der Waals surface area contributed by atoms with Crippen molar-refractivity contribution < 1.29 is 9.59 Å². The van der Waals surface area contributed by atoms with Crippen molar-refractivity contribution in [3.8, 4) is 0 Å². The molecule has 0 atom stereocenters. The Balaban J connectivity index is 2.13. The fourth-order valence-electron chi connectivity index (χ4n) is 2.18. The van der Waals surface area contributed by atoms with Crippen molar-refractivity contribution in [2.75, 3.05) is 0 Å². The van der Waals surface area contributed by atoms with Gasteiger partial charge in [-0.3, -0.25) is 15.0 Å². The Morgan fingerprint density at radius 1 is 0.913 bits per heavy atom. The molecule has 23 heavy (non-hydrogen) atoms. The number of rotatable bonds is 3. The number of hydrogen-bond donors (Lipinski definition) is 1. The Kier molecular flexibility index (Phi) is 5.16. The van der Waals surface area contributed by atoms with Crippen molar-refractivity contribution in [2.45, 2.75) is 32.7 Å². The van der Waals surface area contributed by atoms with Gasteiger partial charge in [-0.1, -0.05) is 48.5 Å². The van der Waals surface area contributed by atoms with E-state index in [0.29, 0.717) is 5.56 Å². The smallest absolute Gasteiger partial charge is 0.272 e. The van der Waals surface area contributed by atoms with Gasteiger partial charge in [0.15, 0.2) is 0 Å². The molecule has 0 aliphatic carbocycles. The van der Waals surface area contributed by atoms with Gasteiger partial charge in [-0.25, -0.2) is 5.01 Å². The zero-order valence-corrected chi connectivity index (χ0v) is 13.7. The molecule has 2 aromatic carbocycles. The zero-order chi connectivity index (χ0) is 16.9. The molecule has 2 rings (SSSR count). The molecule has 0 unspecified atom stereocenters. The quantitative estimate of drug-likeness (QED) is 0.885. The monoisotopic (exact) mass is 310 g/mol. The third kappa shape index (κ3) is 4.68. The van der Waals surface area contributed by atoms with Crippen LogP contribution in [0.4, 0.5) is 0 Å². The predicted molar refractivity (Wildman–Crippen MR) is 90.7 cm³/mol. The summed E-state index contributed by atoms with van der Waals surface area (Å²) in [6.45, 7) is 5.66. The highest BCUT2D eigenvalue weighted by molar-refractivity contribution is 5.96. The Morgan fingerprint density at radius 2 is 1.43 bits per heavy atom. The first-order valence-corrected chi connectivity index (χ1v) is 7.61. The summed E-state index contributed by atoms with van der Waals surface area (Å²) in [5.74, 6) is -0.435. The summed E-state index contributed by atoms with van der Waals surface area (Å²) in [5.41, 5.74) is 3.67. The van der Waals surface area contributed by atoms with Gasteiger partial charge >= 0.3 is 0 Å². The molecule has 0 bridgehead atoms. The van der Waals surface area contributed by atoms with Gasteiger partial charge in [0.1, 0.15) is 0 Å². The standard InChI is InChI=1S/C19H22N2O2/c1-19(2,3)21(18(23)16-12-8-5-9-13-16)20-17(22)14-15-10-6-4-7-11-15/h4-13H,14H2,1-3H3,(H,20,22). The van der Waals surface area contributed by atoms with Crippen molar-refractivity contribution in [3.63, 3.8) is 0 Å². The second-order valence-electron chi connectivity index (χ2n) is 6.37. The second kappa shape index (κ2) is 7.09. The van der Waals surface area contributed by atoms with Crippen LogP contribution in [0.3, 0.4) is 0 Å². The van der Waals surface area contributed by atoms with E-state index in [4.69, 9.17) is 0 Å². The Labute approximate surface area is 137 Å². The molecule has 0 aliphatic heterocycles. The van der Waals surface area contributed by atoms with E-state index in [1.54, 1.807) is 24.3 Å². The number of hydrazine groups is 1. The maximum Gasteiger partial charge on any atom is 0.272 e. The van der Waals surface area contributed by atoms with Gasteiger partial charge in [0, 0.05) is 5.56 Å². The molecular formula is C19H22N2O2. The molecule has 0 heterocycles. The average molecular weight is 310 g/mol. The minimum Gasteiger partial charge on any atom is -0.273 e. The summed E-state index contributed by atoms with van der Waals surface area (Å²) in [7, 11) is 0. The maximum absolute atomic E-state index is 12.7. The van der Waals surface area contributed by atoms with Crippen LogP contribution in [-0.4, -0.2) is 22.4 Å². The highest BCUT2D eigenvalue weighted by atomic mass is 16.2. The van der Waals surface area contributed by atoms with Crippen molar-refractivity contribution in [1.29, 1.82) is 0 Å². The topological polar surface area (TPSA) is 49.4 Å². The van der Waals surface area contributed by atoms with E-state index < -0.39 is 5.54 Å². The van der Waals surface area contributed by atoms with E-state index in [0.717, 1.165) is 5.56 Å². The lowest BCUT2D eigenvalue weighted by Gasteiger charge is -2.35. The molecular weight excluding hydrogens is 288 g/mol. The summed E-state index contributed by atoms with van der Waals surface area (Å²) in [6, 6.07) is 18.4. The first-order valence-electron chi connectivity index (χ1n) is 7.61. The van der Waals surface area contributed by atoms with Crippen LogP contribution >= 0.6 is 0 Å². The van der Waals surface area contributed by atoms with Crippen molar-refractivity contribution in [1.82, 2.24) is 10.4 Å². The summed E-state index contributed by atoms with van der Waals surface area (Å²) in [4.78, 5) is 25.0. The van der Waals surface area contributed by atoms with Crippen molar-refractivity contribution in [2.24, 2.45) is 0 Å². The van der Waals surface area contributed by atoms with E-state index in [9.17, 15) is 9.59 Å². The highest BCUT2D eigenvalue weighted by Crippen LogP contribution is 2.15. The number of carbonyl (C=O) groups is 2. The lowest BCUT2D eigenvalue weighted by molar-refractivity contribution is -0.126. The molecule has 1 N–H and O–H groups in total. The minimum absolute atomic E-state index is 0.213. The first kappa shape index (κ1) is 16.7. The fraction of sp³-hybridized carbons (Fsp3) is 0.263. The van der Waals surface area contributed by atoms with E-state index in [1.807, 2.05) is 57.2 Å². The average Bonchev–Trinajstić information content (AvgIpc) is 2.53. The van der Waals surface area contributed by atoms with E-state index in [-0.39, 0.29) is 18.2 Å². The molecule has 0 aromatic heterocycles. The van der Waals surface area contributed by atoms with Crippen molar-refractivity contribution >= 4 is 11.8 Å². The molecule has 120 valence electrons. The Hall–Kier alpha value is -2.62. The number of benzene rings is 2. The van der Waals surface area contributed by atoms with Gasteiger partial charge in [-0.2, -0.15) is 0 Å². The number of amides is 2. The molecule has 0 aliphatic rings. The largest absolute Gasteiger partial charge is 0.273 e. The van der Waals surface area contributed by atoms with Gasteiger partial charge < -0.3 is 0 Å². The predicted octanol–water partition coefficient (Wildman–Crippen LogP) is 3.20. The maximum atomic E-state index is 12.7. The SMILES string of the molecule is CC(C)(C)N(NC(=O)Cc1ccccc1)C(=O)c1ccccc1. The fourth-order valence-corrected chi connectivity index (χ4v) is 2.18. The minimum atomic E-state index is -0.528. The highest BCUT2D eigenvalue weighted by Gasteiger charge is 2.29. The van der Waals surface area contributed by atoms with Gasteiger partial charge in [-0.05, 0) is 38.5 Å². The van der Waals surface area contributed by atoms with Gasteiger partial charge in [0.25, 0.3) is 5.91 Å². The molecule has 0 saturated carbocycles. The van der Waals surface area contributed by atoms with Gasteiger partial charge in [-0.15, -0.1) is 0 Å². The summed E-state index contributed by atoms with van der Waals surface area (Å²) in [6.07, 6.45) is 0.232. The van der Waals surface area contributed by atoms with Gasteiger partial charge in [0.2, 0.25) is 5.91 Å². The number of nitrogens with zero attached hydrogens (tertiary/aromatic N) is 1. The van der Waals surface area contributed by atoms with Gasteiger partial charge in [0.05, 0.1) is 12.0 Å². The van der Waals surface area contributed by atoms with Crippen LogP contribution in [0, 0.1) is 0 Å². The third-order valence-electron chi connectivity index (χ3n) is 3.34. The summed E-state index contributed by atoms with van der Waals surface area (Å²) in [5, 5.41) is 1.40. The van der Waals surface area contributed by atoms with Crippen LogP contribution < -0.4 is 5.43 Å². The number of hydrogen-bond acceptors (Lipinski definition) is 2. The Bertz CT molecular complexity index is 661. The van der Waals surface area contributed by atoms with Crippen LogP contribution in [0.15, 0.2) is 60.7 Å². The van der Waals surface area contributed by atoms with Crippen LogP contribution in [0.5, 0.6) is 0 Å². The van der Waals surface area contributed by atoms with Crippen molar-refractivity contribution in [3.05, 3.63) is 71.8 Å². The summed E-state index contributed by atoms with van der Waals surface area (Å²) < 4.78 is 0.